The van der Waals surface area contributed by atoms with E-state index in [-0.39, 0.29) is 29.0 Å². The maximum absolute atomic E-state index is 13.3. The molecule has 0 saturated heterocycles. The molecule has 1 atom stereocenters. The second-order valence-corrected chi connectivity index (χ2v) is 9.60. The number of fused-ring (bicyclic) bond motifs is 1. The van der Waals surface area contributed by atoms with E-state index in [1.807, 2.05) is 0 Å². The number of nitrogen functional groups attached to an aromatic ring is 1. The molecule has 39 heavy (non-hydrogen) atoms. The average Bonchev–Trinajstić information content (AvgIpc) is 2.85. The Morgan fingerprint density at radius 1 is 1.08 bits per heavy atom. The first-order chi connectivity index (χ1) is 18.3. The Labute approximate surface area is 227 Å². The number of anilines is 4. The second kappa shape index (κ2) is 10.9. The van der Waals surface area contributed by atoms with Crippen LogP contribution in [0.5, 0.6) is 5.75 Å². The fraction of sp³-hybridized carbons (Fsp3) is 0.222. The fourth-order valence-corrected chi connectivity index (χ4v) is 4.12. The number of aromatic hydroxyl groups is 1. The molecule has 0 fully saturated rings. The molecule has 1 aromatic heterocycles. The van der Waals surface area contributed by atoms with Gasteiger partial charge in [-0.2, -0.15) is 13.2 Å². The van der Waals surface area contributed by atoms with E-state index in [1.54, 1.807) is 51.4 Å². The molecule has 0 aliphatic heterocycles. The highest BCUT2D eigenvalue weighted by Crippen LogP contribution is 2.35. The number of likely N-dealkylation sites (N-methyl/N-ethyl adjacent to an activating group) is 1. The van der Waals surface area contributed by atoms with Gasteiger partial charge in [0.15, 0.2) is 0 Å². The van der Waals surface area contributed by atoms with Gasteiger partial charge in [-0.3, -0.25) is 4.79 Å². The smallest absolute Gasteiger partial charge is 0.416 e. The van der Waals surface area contributed by atoms with Gasteiger partial charge in [0.1, 0.15) is 11.6 Å². The predicted molar refractivity (Wildman–Crippen MR) is 146 cm³/mol. The number of alkyl halides is 3. The Bertz CT molecular complexity index is 1540. The average molecular weight is 559 g/mol. The fourth-order valence-electron chi connectivity index (χ4n) is 3.95. The van der Waals surface area contributed by atoms with Gasteiger partial charge in [0, 0.05) is 48.2 Å². The van der Waals surface area contributed by atoms with Gasteiger partial charge in [-0.25, -0.2) is 9.97 Å². The van der Waals surface area contributed by atoms with Gasteiger partial charge in [0.05, 0.1) is 23.5 Å². The zero-order chi connectivity index (χ0) is 28.5. The molecule has 0 saturated carbocycles. The van der Waals surface area contributed by atoms with E-state index in [0.29, 0.717) is 39.2 Å². The quantitative estimate of drug-likeness (QED) is 0.159. The van der Waals surface area contributed by atoms with Crippen LogP contribution in [0.15, 0.2) is 54.6 Å². The number of rotatable bonds is 7. The number of aromatic nitrogens is 2. The van der Waals surface area contributed by atoms with E-state index in [2.05, 4.69) is 20.6 Å². The number of benzene rings is 3. The van der Waals surface area contributed by atoms with Crippen molar-refractivity contribution in [1.82, 2.24) is 14.9 Å². The lowest BCUT2D eigenvalue weighted by Crippen LogP contribution is -2.23. The Balaban J connectivity index is 1.62. The molecule has 3 aromatic carbocycles. The summed E-state index contributed by atoms with van der Waals surface area (Å²) in [5.74, 6) is 0.154. The van der Waals surface area contributed by atoms with Crippen molar-refractivity contribution in [2.24, 2.45) is 0 Å². The summed E-state index contributed by atoms with van der Waals surface area (Å²) < 4.78 is 39.9. The predicted octanol–water partition coefficient (Wildman–Crippen LogP) is 6.14. The standard InChI is InChI=1S/C27H26ClF3N6O2/c1-14(16-8-17(27(29,30)31)11-18(32)9-16)33-25-21-12-19(6-7-22(21)35-26(28)36-25)34-20-5-4-15(23(38)13-20)10-24(39)37(2)3/h4-9,11-14,34,38H,10,32H2,1-3H3,(H,33,35,36)/t14-/m1/s1. The molecule has 1 heterocycles. The third-order valence-corrected chi connectivity index (χ3v) is 6.21. The van der Waals surface area contributed by atoms with Crippen molar-refractivity contribution in [2.75, 3.05) is 30.5 Å². The van der Waals surface area contributed by atoms with Crippen molar-refractivity contribution in [3.8, 4) is 5.75 Å². The first kappa shape index (κ1) is 27.8. The van der Waals surface area contributed by atoms with Crippen LogP contribution < -0.4 is 16.4 Å². The normalized spacial score (nSPS) is 12.3. The number of nitrogens with zero attached hydrogens (tertiary/aromatic N) is 3. The van der Waals surface area contributed by atoms with Crippen LogP contribution in [-0.4, -0.2) is 40.0 Å². The molecule has 4 rings (SSSR count). The van der Waals surface area contributed by atoms with Crippen molar-refractivity contribution < 1.29 is 23.1 Å². The van der Waals surface area contributed by atoms with Crippen molar-refractivity contribution in [3.05, 3.63) is 76.6 Å². The summed E-state index contributed by atoms with van der Waals surface area (Å²) in [5, 5.41) is 17.2. The Morgan fingerprint density at radius 2 is 1.77 bits per heavy atom. The Kier molecular flexibility index (Phi) is 7.73. The number of amides is 1. The molecule has 0 unspecified atom stereocenters. The maximum Gasteiger partial charge on any atom is 0.416 e. The summed E-state index contributed by atoms with van der Waals surface area (Å²) >= 11 is 6.12. The summed E-state index contributed by atoms with van der Waals surface area (Å²) in [6.07, 6.45) is -4.47. The molecule has 0 aliphatic rings. The Hall–Kier alpha value is -4.25. The van der Waals surface area contributed by atoms with E-state index in [0.717, 1.165) is 12.1 Å². The lowest BCUT2D eigenvalue weighted by Gasteiger charge is -2.19. The molecule has 0 spiro atoms. The lowest BCUT2D eigenvalue weighted by molar-refractivity contribution is -0.137. The van der Waals surface area contributed by atoms with Gasteiger partial charge >= 0.3 is 6.18 Å². The van der Waals surface area contributed by atoms with Crippen LogP contribution >= 0.6 is 11.6 Å². The number of nitrogens with two attached hydrogens (primary N) is 1. The van der Waals surface area contributed by atoms with Gasteiger partial charge in [-0.05, 0) is 66.6 Å². The van der Waals surface area contributed by atoms with Crippen LogP contribution in [0.4, 0.5) is 36.1 Å². The van der Waals surface area contributed by atoms with E-state index in [9.17, 15) is 23.1 Å². The summed E-state index contributed by atoms with van der Waals surface area (Å²) in [6, 6.07) is 12.9. The van der Waals surface area contributed by atoms with Crippen LogP contribution in [0.25, 0.3) is 10.9 Å². The monoisotopic (exact) mass is 558 g/mol. The van der Waals surface area contributed by atoms with Crippen molar-refractivity contribution >= 4 is 51.3 Å². The molecule has 4 aromatic rings. The number of hydrogen-bond acceptors (Lipinski definition) is 7. The van der Waals surface area contributed by atoms with Gasteiger partial charge in [0.25, 0.3) is 0 Å². The third-order valence-electron chi connectivity index (χ3n) is 6.04. The summed E-state index contributed by atoms with van der Waals surface area (Å²) in [5.41, 5.74) is 7.41. The SMILES string of the molecule is C[C@@H](Nc1nc(Cl)nc2ccc(Nc3ccc(CC(=O)N(C)C)c(O)c3)cc12)c1cc(N)cc(C(F)(F)F)c1. The lowest BCUT2D eigenvalue weighted by atomic mass is 10.0. The van der Waals surface area contributed by atoms with Gasteiger partial charge in [-0.15, -0.1) is 0 Å². The first-order valence-electron chi connectivity index (χ1n) is 11.8. The zero-order valence-electron chi connectivity index (χ0n) is 21.3. The van der Waals surface area contributed by atoms with Crippen LogP contribution in [-0.2, 0) is 17.4 Å². The molecular weight excluding hydrogens is 533 g/mol. The highest BCUT2D eigenvalue weighted by molar-refractivity contribution is 6.28. The third kappa shape index (κ3) is 6.61. The summed E-state index contributed by atoms with van der Waals surface area (Å²) in [6.45, 7) is 1.68. The highest BCUT2D eigenvalue weighted by Gasteiger charge is 2.31. The van der Waals surface area contributed by atoms with Crippen molar-refractivity contribution in [3.63, 3.8) is 0 Å². The van der Waals surface area contributed by atoms with Crippen LogP contribution in [0.1, 0.15) is 29.7 Å². The van der Waals surface area contributed by atoms with E-state index in [1.165, 1.54) is 17.0 Å². The van der Waals surface area contributed by atoms with Gasteiger partial charge in [0.2, 0.25) is 11.2 Å². The molecule has 0 radical (unpaired) electrons. The molecule has 12 heteroatoms. The number of hydrogen-bond donors (Lipinski definition) is 4. The van der Waals surface area contributed by atoms with E-state index in [4.69, 9.17) is 17.3 Å². The highest BCUT2D eigenvalue weighted by atomic mass is 35.5. The number of carbonyl (C=O) groups excluding carboxylic acids is 1. The van der Waals surface area contributed by atoms with E-state index >= 15 is 0 Å². The minimum absolute atomic E-state index is 0.00843. The number of phenolic OH excluding ortho intramolecular Hbond substituents is 1. The number of carbonyl (C=O) groups is 1. The van der Waals surface area contributed by atoms with Crippen LogP contribution in [0.2, 0.25) is 5.28 Å². The minimum atomic E-state index is -4.54. The molecule has 5 N–H and O–H groups in total. The van der Waals surface area contributed by atoms with Crippen molar-refractivity contribution in [2.45, 2.75) is 25.6 Å². The van der Waals surface area contributed by atoms with Gasteiger partial charge in [-0.1, -0.05) is 6.07 Å². The summed E-state index contributed by atoms with van der Waals surface area (Å²) in [4.78, 5) is 21.9. The zero-order valence-corrected chi connectivity index (χ0v) is 22.0. The number of phenols is 1. The maximum atomic E-state index is 13.3. The first-order valence-corrected chi connectivity index (χ1v) is 12.2. The van der Waals surface area contributed by atoms with Crippen LogP contribution in [0, 0.1) is 0 Å². The summed E-state index contributed by atoms with van der Waals surface area (Å²) in [7, 11) is 3.29. The Morgan fingerprint density at radius 3 is 2.44 bits per heavy atom. The largest absolute Gasteiger partial charge is 0.508 e. The van der Waals surface area contributed by atoms with Gasteiger partial charge < -0.3 is 26.4 Å². The molecule has 1 amide bonds. The van der Waals surface area contributed by atoms with Crippen molar-refractivity contribution in [1.29, 1.82) is 0 Å². The second-order valence-electron chi connectivity index (χ2n) is 9.26. The molecule has 8 nitrogen and oxygen atoms in total. The number of halogens is 4. The molecular formula is C27H26ClF3N6O2. The van der Waals surface area contributed by atoms with E-state index < -0.39 is 17.8 Å². The molecule has 0 aliphatic carbocycles. The topological polar surface area (TPSA) is 116 Å². The molecule has 204 valence electrons. The molecule has 0 bridgehead atoms. The number of nitrogens with one attached hydrogen (secondary N) is 2. The minimum Gasteiger partial charge on any atom is -0.508 e. The van der Waals surface area contributed by atoms with Crippen LogP contribution in [0.3, 0.4) is 0 Å².